The molecule has 1 aromatic rings. The van der Waals surface area contributed by atoms with E-state index in [4.69, 9.17) is 0 Å². The Kier molecular flexibility index (Phi) is 4.27. The van der Waals surface area contributed by atoms with Crippen molar-refractivity contribution in [3.8, 4) is 0 Å². The van der Waals surface area contributed by atoms with Crippen LogP contribution in [0.3, 0.4) is 0 Å². The third kappa shape index (κ3) is 3.02. The number of hydrogen-bond donors (Lipinski definition) is 1. The van der Waals surface area contributed by atoms with Crippen LogP contribution in [-0.4, -0.2) is 11.9 Å². The molecule has 1 aromatic carbocycles. The maximum absolute atomic E-state index is 13.1. The molecule has 0 aliphatic heterocycles. The predicted octanol–water partition coefficient (Wildman–Crippen LogP) is 3.12. The van der Waals surface area contributed by atoms with E-state index in [-0.39, 0.29) is 16.4 Å². The molecule has 0 saturated heterocycles. The highest BCUT2D eigenvalue weighted by Crippen LogP contribution is 2.20. The molecule has 15 heavy (non-hydrogen) atoms. The molecule has 0 aliphatic carbocycles. The number of nitrogens with one attached hydrogen (secondary N) is 1. The number of hydrogen-bond acceptors (Lipinski definition) is 1. The molecule has 1 rings (SSSR count). The minimum Gasteiger partial charge on any atom is -0.350 e. The zero-order chi connectivity index (χ0) is 11.4. The Morgan fingerprint density at radius 3 is 2.87 bits per heavy atom. The zero-order valence-electron chi connectivity index (χ0n) is 8.68. The average molecular weight is 274 g/mol. The lowest BCUT2D eigenvalue weighted by Gasteiger charge is -2.12. The van der Waals surface area contributed by atoms with Crippen LogP contribution < -0.4 is 5.32 Å². The molecule has 1 N–H and O–H groups in total. The topological polar surface area (TPSA) is 29.1 Å². The number of amides is 1. The molecule has 4 heteroatoms. The van der Waals surface area contributed by atoms with Crippen molar-refractivity contribution in [1.29, 1.82) is 0 Å². The molecule has 82 valence electrons. The Bertz CT molecular complexity index is 368. The molecule has 2 nitrogen and oxygen atoms in total. The van der Waals surface area contributed by atoms with Crippen LogP contribution >= 0.6 is 15.9 Å². The van der Waals surface area contributed by atoms with Crippen molar-refractivity contribution in [2.24, 2.45) is 0 Å². The Balaban J connectivity index is 2.87. The Labute approximate surface area is 97.0 Å². The molecule has 0 spiro atoms. The second-order valence-electron chi connectivity index (χ2n) is 3.38. The lowest BCUT2D eigenvalue weighted by Crippen LogP contribution is -2.32. The van der Waals surface area contributed by atoms with E-state index in [1.807, 2.05) is 13.8 Å². The van der Waals surface area contributed by atoms with Gasteiger partial charge in [-0.05, 0) is 41.4 Å². The van der Waals surface area contributed by atoms with E-state index in [9.17, 15) is 9.18 Å². The third-order valence-corrected chi connectivity index (χ3v) is 2.99. The molecule has 0 heterocycles. The van der Waals surface area contributed by atoms with Gasteiger partial charge in [0, 0.05) is 6.04 Å². The average Bonchev–Trinajstić information content (AvgIpc) is 2.21. The lowest BCUT2D eigenvalue weighted by atomic mass is 10.2. The molecular weight excluding hydrogens is 261 g/mol. The van der Waals surface area contributed by atoms with Gasteiger partial charge in [0.05, 0.1) is 10.0 Å². The van der Waals surface area contributed by atoms with Crippen LogP contribution in [0.1, 0.15) is 30.6 Å². The van der Waals surface area contributed by atoms with Gasteiger partial charge in [0.15, 0.2) is 0 Å². The van der Waals surface area contributed by atoms with Crippen LogP contribution in [-0.2, 0) is 0 Å². The van der Waals surface area contributed by atoms with Gasteiger partial charge in [-0.3, -0.25) is 4.79 Å². The van der Waals surface area contributed by atoms with Crippen molar-refractivity contribution in [2.75, 3.05) is 0 Å². The molecule has 1 amide bonds. The number of carbonyl (C=O) groups is 1. The number of halogens is 2. The molecule has 1 atom stereocenters. The van der Waals surface area contributed by atoms with Gasteiger partial charge >= 0.3 is 0 Å². The molecule has 0 radical (unpaired) electrons. The van der Waals surface area contributed by atoms with Gasteiger partial charge in [0.2, 0.25) is 0 Å². The maximum atomic E-state index is 13.1. The summed E-state index contributed by atoms with van der Waals surface area (Å²) in [6.07, 6.45) is 0.846. The molecule has 1 unspecified atom stereocenters. The maximum Gasteiger partial charge on any atom is 0.252 e. The van der Waals surface area contributed by atoms with E-state index in [0.717, 1.165) is 6.42 Å². The van der Waals surface area contributed by atoms with Gasteiger partial charge in [-0.1, -0.05) is 13.0 Å². The molecule has 0 aliphatic rings. The zero-order valence-corrected chi connectivity index (χ0v) is 10.3. The highest BCUT2D eigenvalue weighted by atomic mass is 79.9. The van der Waals surface area contributed by atoms with Crippen LogP contribution in [0, 0.1) is 5.82 Å². The van der Waals surface area contributed by atoms with Crippen molar-refractivity contribution < 1.29 is 9.18 Å². The van der Waals surface area contributed by atoms with E-state index in [1.54, 1.807) is 6.07 Å². The second kappa shape index (κ2) is 5.26. The molecule has 0 bridgehead atoms. The van der Waals surface area contributed by atoms with Gasteiger partial charge in [0.1, 0.15) is 5.82 Å². The Hall–Kier alpha value is -0.900. The van der Waals surface area contributed by atoms with E-state index < -0.39 is 5.82 Å². The highest BCUT2D eigenvalue weighted by molar-refractivity contribution is 9.10. The van der Waals surface area contributed by atoms with Crippen molar-refractivity contribution in [1.82, 2.24) is 5.32 Å². The first-order valence-electron chi connectivity index (χ1n) is 4.81. The quantitative estimate of drug-likeness (QED) is 0.901. The van der Waals surface area contributed by atoms with Crippen molar-refractivity contribution >= 4 is 21.8 Å². The summed E-state index contributed by atoms with van der Waals surface area (Å²) in [6, 6.07) is 4.51. The fourth-order valence-corrected chi connectivity index (χ4v) is 1.53. The van der Waals surface area contributed by atoms with Crippen LogP contribution in [0.15, 0.2) is 22.7 Å². The van der Waals surface area contributed by atoms with E-state index in [0.29, 0.717) is 5.56 Å². The van der Waals surface area contributed by atoms with Gasteiger partial charge in [0.25, 0.3) is 5.91 Å². The Morgan fingerprint density at radius 2 is 2.27 bits per heavy atom. The summed E-state index contributed by atoms with van der Waals surface area (Å²) >= 11 is 3.06. The molecule has 0 fully saturated rings. The van der Waals surface area contributed by atoms with E-state index in [1.165, 1.54) is 12.1 Å². The van der Waals surface area contributed by atoms with Crippen LogP contribution in [0.5, 0.6) is 0 Å². The second-order valence-corrected chi connectivity index (χ2v) is 4.18. The van der Waals surface area contributed by atoms with Gasteiger partial charge < -0.3 is 5.32 Å². The van der Waals surface area contributed by atoms with Crippen molar-refractivity contribution in [3.63, 3.8) is 0 Å². The number of rotatable bonds is 3. The van der Waals surface area contributed by atoms with Gasteiger partial charge in [-0.15, -0.1) is 0 Å². The van der Waals surface area contributed by atoms with Crippen molar-refractivity contribution in [2.45, 2.75) is 26.3 Å². The summed E-state index contributed by atoms with van der Waals surface area (Å²) in [7, 11) is 0. The number of benzene rings is 1. The molecule has 0 saturated carbocycles. The smallest absolute Gasteiger partial charge is 0.252 e. The van der Waals surface area contributed by atoms with Crippen LogP contribution in [0.2, 0.25) is 0 Å². The predicted molar refractivity (Wildman–Crippen MR) is 61.3 cm³/mol. The molecular formula is C11H13BrFNO. The minimum atomic E-state index is -0.424. The van der Waals surface area contributed by atoms with Crippen LogP contribution in [0.25, 0.3) is 0 Å². The Morgan fingerprint density at radius 1 is 1.60 bits per heavy atom. The summed E-state index contributed by atoms with van der Waals surface area (Å²) in [4.78, 5) is 11.7. The summed E-state index contributed by atoms with van der Waals surface area (Å²) in [5.74, 6) is -0.678. The normalized spacial score (nSPS) is 12.3. The first-order valence-corrected chi connectivity index (χ1v) is 5.60. The third-order valence-electron chi connectivity index (χ3n) is 2.19. The van der Waals surface area contributed by atoms with Gasteiger partial charge in [-0.25, -0.2) is 4.39 Å². The fraction of sp³-hybridized carbons (Fsp3) is 0.364. The first kappa shape index (κ1) is 12.2. The van der Waals surface area contributed by atoms with Crippen molar-refractivity contribution in [3.05, 3.63) is 34.1 Å². The SMILES string of the molecule is CCC(C)NC(=O)c1cccc(F)c1Br. The highest BCUT2D eigenvalue weighted by Gasteiger charge is 2.13. The number of carbonyl (C=O) groups excluding carboxylic acids is 1. The lowest BCUT2D eigenvalue weighted by molar-refractivity contribution is 0.0938. The summed E-state index contributed by atoms with van der Waals surface area (Å²) in [6.45, 7) is 3.89. The summed E-state index contributed by atoms with van der Waals surface area (Å²) in [5.41, 5.74) is 0.329. The van der Waals surface area contributed by atoms with Gasteiger partial charge in [-0.2, -0.15) is 0 Å². The van der Waals surface area contributed by atoms with Crippen LogP contribution in [0.4, 0.5) is 4.39 Å². The van der Waals surface area contributed by atoms with E-state index in [2.05, 4.69) is 21.2 Å². The summed E-state index contributed by atoms with van der Waals surface area (Å²) < 4.78 is 13.3. The standard InChI is InChI=1S/C11H13BrFNO/c1-3-7(2)14-11(15)8-5-4-6-9(13)10(8)12/h4-7H,3H2,1-2H3,(H,14,15). The first-order chi connectivity index (χ1) is 7.06. The minimum absolute atomic E-state index is 0.0904. The van der Waals surface area contributed by atoms with E-state index >= 15 is 0 Å². The fourth-order valence-electron chi connectivity index (χ4n) is 1.08. The largest absolute Gasteiger partial charge is 0.350 e. The monoisotopic (exact) mass is 273 g/mol. The molecule has 0 aromatic heterocycles. The summed E-state index contributed by atoms with van der Waals surface area (Å²) in [5, 5.41) is 2.78.